The van der Waals surface area contributed by atoms with Gasteiger partial charge in [-0.2, -0.15) is 0 Å². The van der Waals surface area contributed by atoms with E-state index in [2.05, 4.69) is 32.6 Å². The Morgan fingerprint density at radius 2 is 1.66 bits per heavy atom. The largest absolute Gasteiger partial charge is 0.507 e. The molecule has 0 bridgehead atoms. The van der Waals surface area contributed by atoms with E-state index in [9.17, 15) is 24.3 Å². The van der Waals surface area contributed by atoms with Gasteiger partial charge in [0.2, 0.25) is 17.7 Å². The molecular formula is C28H40BrN3O6. The van der Waals surface area contributed by atoms with Crippen LogP contribution in [0.3, 0.4) is 0 Å². The molecule has 1 aromatic rings. The number of likely N-dealkylation sites (N-methyl/N-ethyl adjacent to an activating group) is 1. The predicted molar refractivity (Wildman–Crippen MR) is 148 cm³/mol. The zero-order valence-electron chi connectivity index (χ0n) is 23.2. The average molecular weight is 595 g/mol. The number of phenolic OH excluding ortho intramolecular Hbond substituents is 1. The van der Waals surface area contributed by atoms with Crippen LogP contribution in [0.5, 0.6) is 5.75 Å². The van der Waals surface area contributed by atoms with Crippen LogP contribution in [0, 0.1) is 11.8 Å². The summed E-state index contributed by atoms with van der Waals surface area (Å²) < 4.78 is 6.03. The summed E-state index contributed by atoms with van der Waals surface area (Å²) in [6.07, 6.45) is 2.92. The molecule has 1 heterocycles. The maximum Gasteiger partial charge on any atom is 0.328 e. The van der Waals surface area contributed by atoms with Crippen molar-refractivity contribution < 1.29 is 29.0 Å². The number of hydrogen-bond donors (Lipinski definition) is 3. The minimum atomic E-state index is -0.993. The zero-order valence-corrected chi connectivity index (χ0v) is 24.8. The van der Waals surface area contributed by atoms with E-state index < -0.39 is 35.9 Å². The van der Waals surface area contributed by atoms with E-state index in [1.54, 1.807) is 39.8 Å². The Kier molecular flexibility index (Phi) is 11.4. The van der Waals surface area contributed by atoms with Crippen molar-refractivity contribution >= 4 is 39.6 Å². The van der Waals surface area contributed by atoms with Crippen LogP contribution in [0.4, 0.5) is 0 Å². The van der Waals surface area contributed by atoms with Gasteiger partial charge in [-0.25, -0.2) is 4.79 Å². The van der Waals surface area contributed by atoms with Crippen LogP contribution < -0.4 is 10.6 Å². The summed E-state index contributed by atoms with van der Waals surface area (Å²) in [6.45, 7) is 10.7. The summed E-state index contributed by atoms with van der Waals surface area (Å²) in [7, 11) is 1.49. The first kappa shape index (κ1) is 31.3. The van der Waals surface area contributed by atoms with Crippen molar-refractivity contribution in [2.75, 3.05) is 7.05 Å². The molecule has 0 aromatic heterocycles. The van der Waals surface area contributed by atoms with Crippen molar-refractivity contribution in [1.82, 2.24) is 15.5 Å². The topological polar surface area (TPSA) is 125 Å². The van der Waals surface area contributed by atoms with Gasteiger partial charge < -0.3 is 25.4 Å². The second kappa shape index (κ2) is 13.8. The van der Waals surface area contributed by atoms with E-state index in [0.29, 0.717) is 22.9 Å². The Labute approximate surface area is 233 Å². The number of carbonyl (C=O) groups is 4. The molecule has 6 atom stereocenters. The quantitative estimate of drug-likeness (QED) is 0.356. The molecule has 3 N–H and O–H groups in total. The van der Waals surface area contributed by atoms with E-state index in [4.69, 9.17) is 4.74 Å². The maximum atomic E-state index is 13.4. The monoisotopic (exact) mass is 593 g/mol. The Morgan fingerprint density at radius 1 is 1.03 bits per heavy atom. The average Bonchev–Trinajstić information content (AvgIpc) is 2.82. The number of ether oxygens (including phenoxy) is 1. The number of benzene rings is 1. The second-order valence-corrected chi connectivity index (χ2v) is 11.3. The number of allylic oxidation sites excluding steroid dienone is 2. The normalized spacial score (nSPS) is 30.3. The van der Waals surface area contributed by atoms with E-state index >= 15 is 0 Å². The van der Waals surface area contributed by atoms with Crippen molar-refractivity contribution in [2.24, 2.45) is 11.8 Å². The number of phenols is 1. The number of halogens is 1. The van der Waals surface area contributed by atoms with Crippen LogP contribution in [0.25, 0.3) is 0 Å². The van der Waals surface area contributed by atoms with Crippen LogP contribution in [-0.2, 0) is 30.3 Å². The first-order valence-corrected chi connectivity index (χ1v) is 13.7. The molecule has 10 heteroatoms. The fourth-order valence-electron chi connectivity index (χ4n) is 4.62. The molecule has 9 nitrogen and oxygen atoms in total. The number of amides is 3. The first-order chi connectivity index (χ1) is 17.7. The Hall–Kier alpha value is -2.88. The third kappa shape index (κ3) is 8.85. The fraction of sp³-hybridized carbons (Fsp3) is 0.571. The molecule has 3 amide bonds. The molecule has 0 unspecified atom stereocenters. The van der Waals surface area contributed by atoms with E-state index in [1.165, 1.54) is 18.0 Å². The van der Waals surface area contributed by atoms with Crippen LogP contribution in [-0.4, -0.2) is 65.0 Å². The highest BCUT2D eigenvalue weighted by molar-refractivity contribution is 9.10. The molecule has 38 heavy (non-hydrogen) atoms. The lowest BCUT2D eigenvalue weighted by molar-refractivity contribution is -0.153. The van der Waals surface area contributed by atoms with E-state index in [1.807, 2.05) is 13.8 Å². The van der Waals surface area contributed by atoms with Crippen LogP contribution in [0.1, 0.15) is 59.9 Å². The van der Waals surface area contributed by atoms with Crippen LogP contribution in [0.2, 0.25) is 0 Å². The van der Waals surface area contributed by atoms with Gasteiger partial charge in [0.05, 0.1) is 10.6 Å². The third-order valence-corrected chi connectivity index (χ3v) is 7.30. The van der Waals surface area contributed by atoms with Crippen molar-refractivity contribution in [3.05, 3.63) is 39.9 Å². The highest BCUT2D eigenvalue weighted by Gasteiger charge is 2.33. The van der Waals surface area contributed by atoms with Gasteiger partial charge in [0.15, 0.2) is 0 Å². The van der Waals surface area contributed by atoms with Gasteiger partial charge in [0.25, 0.3) is 0 Å². The smallest absolute Gasteiger partial charge is 0.328 e. The lowest BCUT2D eigenvalue weighted by atomic mass is 9.95. The zero-order chi connectivity index (χ0) is 28.7. The number of aromatic hydroxyl groups is 1. The lowest BCUT2D eigenvalue weighted by Crippen LogP contribution is -2.56. The highest BCUT2D eigenvalue weighted by Crippen LogP contribution is 2.25. The minimum Gasteiger partial charge on any atom is -0.507 e. The number of rotatable bonds is 2. The molecule has 1 aromatic carbocycles. The summed E-state index contributed by atoms with van der Waals surface area (Å²) in [6, 6.07) is 2.00. The van der Waals surface area contributed by atoms with Crippen molar-refractivity contribution in [1.29, 1.82) is 0 Å². The predicted octanol–water partition coefficient (Wildman–Crippen LogP) is 3.48. The summed E-state index contributed by atoms with van der Waals surface area (Å²) in [5.41, 5.74) is 1.72. The number of esters is 1. The standard InChI is InChI=1S/C28H40BrN3O6/c1-15-10-16(2)12-18(4)38-28(37)20(6)31-26(35)23(14-21-8-9-24(33)22(29)13-21)32(7)27(36)19(5)30-25(34)17(3)11-15/h8-10,13,16-20,23,33H,11-12,14H2,1-7H3,(H,30,34)(H,31,35)/b15-10+/t16-,17-,18-,19-,20-,23+/m0/s1. The highest BCUT2D eigenvalue weighted by atomic mass is 79.9. The van der Waals surface area contributed by atoms with Gasteiger partial charge in [-0.05, 0) is 80.1 Å². The molecule has 1 aliphatic rings. The van der Waals surface area contributed by atoms with Gasteiger partial charge >= 0.3 is 5.97 Å². The Bertz CT molecular complexity index is 1070. The Morgan fingerprint density at radius 3 is 2.29 bits per heavy atom. The third-order valence-electron chi connectivity index (χ3n) is 6.67. The molecule has 0 spiro atoms. The molecule has 2 rings (SSSR count). The number of nitrogens with zero attached hydrogens (tertiary/aromatic N) is 1. The van der Waals surface area contributed by atoms with Gasteiger partial charge in [-0.1, -0.05) is 31.6 Å². The van der Waals surface area contributed by atoms with Crippen molar-refractivity contribution in [3.63, 3.8) is 0 Å². The molecular weight excluding hydrogens is 554 g/mol. The summed E-state index contributed by atoms with van der Waals surface area (Å²) in [5, 5.41) is 15.3. The van der Waals surface area contributed by atoms with Crippen molar-refractivity contribution in [3.8, 4) is 5.75 Å². The van der Waals surface area contributed by atoms with Gasteiger partial charge in [0, 0.05) is 19.4 Å². The molecule has 0 aliphatic carbocycles. The molecule has 0 saturated carbocycles. The molecule has 210 valence electrons. The molecule has 0 saturated heterocycles. The number of nitrogens with one attached hydrogen (secondary N) is 2. The van der Waals surface area contributed by atoms with Crippen LogP contribution in [0.15, 0.2) is 34.3 Å². The number of carbonyl (C=O) groups excluding carboxylic acids is 4. The number of hydrogen-bond acceptors (Lipinski definition) is 6. The second-order valence-electron chi connectivity index (χ2n) is 10.5. The van der Waals surface area contributed by atoms with Crippen molar-refractivity contribution in [2.45, 2.75) is 85.0 Å². The van der Waals surface area contributed by atoms with Gasteiger partial charge in [-0.15, -0.1) is 0 Å². The Balaban J connectivity index is 2.40. The van der Waals surface area contributed by atoms with Crippen LogP contribution >= 0.6 is 15.9 Å². The maximum absolute atomic E-state index is 13.4. The summed E-state index contributed by atoms with van der Waals surface area (Å²) in [5.74, 6) is -2.00. The van der Waals surface area contributed by atoms with Gasteiger partial charge in [-0.3, -0.25) is 14.4 Å². The minimum absolute atomic E-state index is 0.0442. The fourth-order valence-corrected chi connectivity index (χ4v) is 5.05. The van der Waals surface area contributed by atoms with E-state index in [-0.39, 0.29) is 36.0 Å². The van der Waals surface area contributed by atoms with E-state index in [0.717, 1.165) is 5.57 Å². The summed E-state index contributed by atoms with van der Waals surface area (Å²) in [4.78, 5) is 53.6. The SMILES string of the molecule is C/C1=C\[C@H](C)C[C@H](C)OC(=O)[C@H](C)NC(=O)[C@@H](Cc2ccc(O)c(Br)c2)N(C)C(=O)[C@H](C)NC(=O)[C@@H](C)C1. The summed E-state index contributed by atoms with van der Waals surface area (Å²) >= 11 is 3.27. The first-order valence-electron chi connectivity index (χ1n) is 12.9. The molecule has 0 fully saturated rings. The number of cyclic esters (lactones) is 1. The van der Waals surface area contributed by atoms with Gasteiger partial charge in [0.1, 0.15) is 23.9 Å². The molecule has 0 radical (unpaired) electrons. The molecule has 1 aliphatic heterocycles. The lowest BCUT2D eigenvalue weighted by Gasteiger charge is -2.31.